The Hall–Kier alpha value is -2.96. The van der Waals surface area contributed by atoms with Gasteiger partial charge < -0.3 is 9.47 Å². The minimum absolute atomic E-state index is 0.0243. The van der Waals surface area contributed by atoms with Crippen LogP contribution in [0.4, 0.5) is 11.8 Å². The fourth-order valence-electron chi connectivity index (χ4n) is 3.69. The molecule has 0 saturated carbocycles. The molecule has 140 valence electrons. The maximum Gasteiger partial charge on any atom is 0.231 e. The molecule has 27 heavy (non-hydrogen) atoms. The molecule has 3 heterocycles. The zero-order valence-corrected chi connectivity index (χ0v) is 15.5. The third-order valence-corrected chi connectivity index (χ3v) is 5.00. The highest BCUT2D eigenvalue weighted by molar-refractivity contribution is 5.93. The van der Waals surface area contributed by atoms with Gasteiger partial charge in [-0.1, -0.05) is 19.1 Å². The van der Waals surface area contributed by atoms with Crippen LogP contribution in [0.25, 0.3) is 11.0 Å². The number of aromatic nitrogens is 4. The highest BCUT2D eigenvalue weighted by Crippen LogP contribution is 2.24. The largest absolute Gasteiger partial charge is 0.355 e. The zero-order chi connectivity index (χ0) is 18.6. The number of hydrogen-bond acceptors (Lipinski definition) is 5. The second-order valence-corrected chi connectivity index (χ2v) is 6.91. The lowest BCUT2D eigenvalue weighted by Gasteiger charge is -2.32. The molecule has 1 aliphatic rings. The summed E-state index contributed by atoms with van der Waals surface area (Å²) in [6, 6.07) is 8.00. The first-order valence-corrected chi connectivity index (χ1v) is 9.53. The maximum atomic E-state index is 13.0. The Kier molecular flexibility index (Phi) is 5.00. The van der Waals surface area contributed by atoms with E-state index < -0.39 is 0 Å². The molecule has 2 aromatic heterocycles. The second kappa shape index (κ2) is 7.73. The van der Waals surface area contributed by atoms with Gasteiger partial charge in [-0.25, -0.2) is 9.97 Å². The number of benzene rings is 1. The van der Waals surface area contributed by atoms with E-state index in [0.717, 1.165) is 49.2 Å². The van der Waals surface area contributed by atoms with E-state index in [1.165, 1.54) is 0 Å². The van der Waals surface area contributed by atoms with Gasteiger partial charge in [0.25, 0.3) is 0 Å². The molecule has 1 aromatic carbocycles. The lowest BCUT2D eigenvalue weighted by molar-refractivity contribution is -0.120. The van der Waals surface area contributed by atoms with E-state index in [-0.39, 0.29) is 11.8 Å². The van der Waals surface area contributed by atoms with Gasteiger partial charge in [0, 0.05) is 32.0 Å². The number of hydrogen-bond donors (Lipinski definition) is 1. The Morgan fingerprint density at radius 3 is 3.00 bits per heavy atom. The predicted molar refractivity (Wildman–Crippen MR) is 106 cm³/mol. The van der Waals surface area contributed by atoms with Crippen molar-refractivity contribution < 1.29 is 4.79 Å². The summed E-state index contributed by atoms with van der Waals surface area (Å²) in [5.74, 6) is 1.40. The summed E-state index contributed by atoms with van der Waals surface area (Å²) in [5.41, 5.74) is 1.96. The minimum atomic E-state index is -0.0874. The average molecular weight is 364 g/mol. The minimum Gasteiger partial charge on any atom is -0.355 e. The molecule has 3 aromatic rings. The molecule has 1 fully saturated rings. The number of anilines is 2. The molecule has 1 atom stereocenters. The molecule has 1 N–H and O–H groups in total. The van der Waals surface area contributed by atoms with Crippen molar-refractivity contribution in [3.05, 3.63) is 42.9 Å². The number of amides is 1. The van der Waals surface area contributed by atoms with E-state index in [1.807, 2.05) is 24.3 Å². The van der Waals surface area contributed by atoms with Crippen LogP contribution in [0.3, 0.4) is 0 Å². The van der Waals surface area contributed by atoms with E-state index in [1.54, 1.807) is 18.6 Å². The second-order valence-electron chi connectivity index (χ2n) is 6.91. The summed E-state index contributed by atoms with van der Waals surface area (Å²) in [5, 5.41) is 3.08. The van der Waals surface area contributed by atoms with Gasteiger partial charge >= 0.3 is 0 Å². The van der Waals surface area contributed by atoms with Crippen molar-refractivity contribution in [2.45, 2.75) is 32.7 Å². The maximum absolute atomic E-state index is 13.0. The number of carbonyl (C=O) groups is 1. The third kappa shape index (κ3) is 3.63. The van der Waals surface area contributed by atoms with Crippen LogP contribution in [-0.2, 0) is 11.3 Å². The van der Waals surface area contributed by atoms with Crippen molar-refractivity contribution in [2.24, 2.45) is 5.92 Å². The first kappa shape index (κ1) is 17.5. The van der Waals surface area contributed by atoms with Crippen molar-refractivity contribution in [3.8, 4) is 0 Å². The van der Waals surface area contributed by atoms with Crippen LogP contribution in [0.15, 0.2) is 42.9 Å². The molecule has 1 unspecified atom stereocenters. The molecule has 7 heteroatoms. The first-order chi connectivity index (χ1) is 13.3. The standard InChI is InChI=1S/C20H24N6O/c1-2-11-26-17-8-4-3-7-16(17)23-20(26)24-19(27)15-6-5-12-25(14-15)18-13-21-9-10-22-18/h3-4,7-10,13,15H,2,5-6,11-12,14H2,1H3,(H,23,24,27). The quantitative estimate of drug-likeness (QED) is 0.753. The Bertz CT molecular complexity index is 923. The molecule has 4 rings (SSSR count). The van der Waals surface area contributed by atoms with Crippen molar-refractivity contribution in [1.29, 1.82) is 0 Å². The first-order valence-electron chi connectivity index (χ1n) is 9.53. The van der Waals surface area contributed by atoms with Crippen molar-refractivity contribution in [3.63, 3.8) is 0 Å². The number of imidazole rings is 1. The molecule has 0 radical (unpaired) electrons. The van der Waals surface area contributed by atoms with Crippen LogP contribution in [0, 0.1) is 5.92 Å². The Labute approximate surface area is 158 Å². The summed E-state index contributed by atoms with van der Waals surface area (Å²) in [6.45, 7) is 4.50. The lowest BCUT2D eigenvalue weighted by Crippen LogP contribution is -2.41. The van der Waals surface area contributed by atoms with Gasteiger partial charge in [0.05, 0.1) is 23.1 Å². The van der Waals surface area contributed by atoms with Gasteiger partial charge in [-0.2, -0.15) is 0 Å². The lowest BCUT2D eigenvalue weighted by atomic mass is 9.97. The number of nitrogens with zero attached hydrogens (tertiary/aromatic N) is 5. The number of fused-ring (bicyclic) bond motifs is 1. The van der Waals surface area contributed by atoms with E-state index in [0.29, 0.717) is 12.5 Å². The van der Waals surface area contributed by atoms with Crippen LogP contribution in [0.5, 0.6) is 0 Å². The summed E-state index contributed by atoms with van der Waals surface area (Å²) >= 11 is 0. The van der Waals surface area contributed by atoms with E-state index in [9.17, 15) is 4.79 Å². The van der Waals surface area contributed by atoms with Crippen LogP contribution in [-0.4, -0.2) is 38.5 Å². The number of nitrogens with one attached hydrogen (secondary N) is 1. The van der Waals surface area contributed by atoms with Crippen LogP contribution in [0.2, 0.25) is 0 Å². The molecular weight excluding hydrogens is 340 g/mol. The number of para-hydroxylation sites is 2. The van der Waals surface area contributed by atoms with Crippen molar-refractivity contribution >= 4 is 28.7 Å². The third-order valence-electron chi connectivity index (χ3n) is 5.00. The van der Waals surface area contributed by atoms with Crippen molar-refractivity contribution in [1.82, 2.24) is 19.5 Å². The molecule has 1 saturated heterocycles. The monoisotopic (exact) mass is 364 g/mol. The van der Waals surface area contributed by atoms with E-state index in [4.69, 9.17) is 0 Å². The summed E-state index contributed by atoms with van der Waals surface area (Å²) in [4.78, 5) is 28.2. The van der Waals surface area contributed by atoms with Gasteiger partial charge in [0.2, 0.25) is 11.9 Å². The van der Waals surface area contributed by atoms with Crippen LogP contribution >= 0.6 is 0 Å². The highest BCUT2D eigenvalue weighted by Gasteiger charge is 2.27. The fraction of sp³-hybridized carbons (Fsp3) is 0.400. The van der Waals surface area contributed by atoms with Gasteiger partial charge in [-0.15, -0.1) is 0 Å². The topological polar surface area (TPSA) is 75.9 Å². The molecular formula is C20H24N6O. The Morgan fingerprint density at radius 2 is 2.19 bits per heavy atom. The zero-order valence-electron chi connectivity index (χ0n) is 15.5. The predicted octanol–water partition coefficient (Wildman–Crippen LogP) is 3.09. The molecule has 0 aliphatic carbocycles. The van der Waals surface area contributed by atoms with E-state index >= 15 is 0 Å². The fourth-order valence-corrected chi connectivity index (χ4v) is 3.69. The van der Waals surface area contributed by atoms with Crippen molar-refractivity contribution in [2.75, 3.05) is 23.3 Å². The van der Waals surface area contributed by atoms with Gasteiger partial charge in [-0.3, -0.25) is 15.1 Å². The van der Waals surface area contributed by atoms with Gasteiger partial charge in [-0.05, 0) is 31.4 Å². The van der Waals surface area contributed by atoms with Gasteiger partial charge in [0.1, 0.15) is 5.82 Å². The van der Waals surface area contributed by atoms with E-state index in [2.05, 4.69) is 36.7 Å². The average Bonchev–Trinajstić information content (AvgIpc) is 3.06. The molecule has 1 amide bonds. The summed E-state index contributed by atoms with van der Waals surface area (Å²) in [7, 11) is 0. The molecule has 7 nitrogen and oxygen atoms in total. The van der Waals surface area contributed by atoms with Crippen LogP contribution < -0.4 is 10.2 Å². The number of carbonyl (C=O) groups excluding carboxylic acids is 1. The normalized spacial score (nSPS) is 17.2. The summed E-state index contributed by atoms with van der Waals surface area (Å²) in [6.07, 6.45) is 7.91. The number of rotatable bonds is 5. The molecule has 0 spiro atoms. The molecule has 0 bridgehead atoms. The Balaban J connectivity index is 1.52. The smallest absolute Gasteiger partial charge is 0.231 e. The Morgan fingerprint density at radius 1 is 1.30 bits per heavy atom. The van der Waals surface area contributed by atoms with Crippen LogP contribution in [0.1, 0.15) is 26.2 Å². The number of piperidine rings is 1. The van der Waals surface area contributed by atoms with Gasteiger partial charge in [0.15, 0.2) is 0 Å². The summed E-state index contributed by atoms with van der Waals surface area (Å²) < 4.78 is 2.09. The molecule has 1 aliphatic heterocycles. The highest BCUT2D eigenvalue weighted by atomic mass is 16.2. The number of aryl methyl sites for hydroxylation is 1. The SMILES string of the molecule is CCCn1c(NC(=O)C2CCCN(c3cnccn3)C2)nc2ccccc21.